The molecule has 0 aromatic heterocycles. The minimum absolute atomic E-state index is 0.292. The quantitative estimate of drug-likeness (QED) is 0.201. The van der Waals surface area contributed by atoms with Gasteiger partial charge in [-0.05, 0) is 18.5 Å². The highest BCUT2D eigenvalue weighted by Crippen LogP contribution is 2.13. The van der Waals surface area contributed by atoms with E-state index in [1.807, 2.05) is 18.2 Å². The zero-order valence-electron chi connectivity index (χ0n) is 19.8. The lowest BCUT2D eigenvalue weighted by atomic mass is 10.0. The third-order valence-corrected chi connectivity index (χ3v) is 5.79. The molecular weight excluding hydrogens is 370 g/mol. The van der Waals surface area contributed by atoms with Crippen LogP contribution in [0.5, 0.6) is 0 Å². The molecule has 0 aliphatic carbocycles. The Hall–Kier alpha value is -0.900. The second kappa shape index (κ2) is 21.3. The van der Waals surface area contributed by atoms with Crippen LogP contribution in [0, 0.1) is 5.92 Å². The average Bonchev–Trinajstić information content (AvgIpc) is 2.78. The smallest absolute Gasteiger partial charge is 0.0717 e. The van der Waals surface area contributed by atoms with E-state index in [0.717, 1.165) is 6.61 Å². The number of ether oxygens (including phenoxy) is 2. The summed E-state index contributed by atoms with van der Waals surface area (Å²) in [5.74, 6) is 0.292. The van der Waals surface area contributed by atoms with Crippen molar-refractivity contribution in [2.45, 2.75) is 103 Å². The van der Waals surface area contributed by atoms with Crippen LogP contribution in [0.4, 0.5) is 0 Å². The van der Waals surface area contributed by atoms with E-state index in [2.05, 4.69) is 19.1 Å². The fraction of sp³-hybridized carbons (Fsp3) is 0.778. The summed E-state index contributed by atoms with van der Waals surface area (Å²) in [6.07, 6.45) is 19.4. The molecule has 0 saturated carbocycles. The van der Waals surface area contributed by atoms with Crippen LogP contribution in [0.15, 0.2) is 30.3 Å². The summed E-state index contributed by atoms with van der Waals surface area (Å²) in [4.78, 5) is 0. The van der Waals surface area contributed by atoms with Gasteiger partial charge in [0.15, 0.2) is 0 Å². The average molecular weight is 420 g/mol. The summed E-state index contributed by atoms with van der Waals surface area (Å²) in [5.41, 5.74) is 7.06. The molecule has 0 spiro atoms. The van der Waals surface area contributed by atoms with Crippen LogP contribution in [0.2, 0.25) is 0 Å². The Bertz CT molecular complexity index is 451. The van der Waals surface area contributed by atoms with Crippen LogP contribution in [0.3, 0.4) is 0 Å². The Morgan fingerprint density at radius 2 is 1.17 bits per heavy atom. The molecule has 174 valence electrons. The van der Waals surface area contributed by atoms with Crippen molar-refractivity contribution < 1.29 is 9.47 Å². The van der Waals surface area contributed by atoms with Gasteiger partial charge in [0.25, 0.3) is 0 Å². The maximum Gasteiger partial charge on any atom is 0.0717 e. The maximum absolute atomic E-state index is 5.86. The van der Waals surface area contributed by atoms with Gasteiger partial charge in [-0.3, -0.25) is 0 Å². The van der Waals surface area contributed by atoms with E-state index >= 15 is 0 Å². The van der Waals surface area contributed by atoms with E-state index in [-0.39, 0.29) is 0 Å². The van der Waals surface area contributed by atoms with Crippen molar-refractivity contribution in [2.24, 2.45) is 11.7 Å². The van der Waals surface area contributed by atoms with Crippen LogP contribution in [-0.4, -0.2) is 26.4 Å². The molecule has 3 nitrogen and oxygen atoms in total. The van der Waals surface area contributed by atoms with Gasteiger partial charge in [0.2, 0.25) is 0 Å². The molecule has 0 fully saturated rings. The predicted molar refractivity (Wildman–Crippen MR) is 130 cm³/mol. The predicted octanol–water partition coefficient (Wildman–Crippen LogP) is 7.28. The highest BCUT2D eigenvalue weighted by molar-refractivity contribution is 5.13. The first-order valence-corrected chi connectivity index (χ1v) is 12.8. The minimum Gasteiger partial charge on any atom is -0.381 e. The van der Waals surface area contributed by atoms with E-state index in [1.54, 1.807) is 0 Å². The maximum atomic E-state index is 5.86. The topological polar surface area (TPSA) is 44.5 Å². The minimum atomic E-state index is 0.292. The highest BCUT2D eigenvalue weighted by Gasteiger charge is 2.07. The zero-order chi connectivity index (χ0) is 21.5. The van der Waals surface area contributed by atoms with Gasteiger partial charge in [0.05, 0.1) is 19.8 Å². The molecule has 2 N–H and O–H groups in total. The normalized spacial score (nSPS) is 12.3. The van der Waals surface area contributed by atoms with Gasteiger partial charge in [-0.2, -0.15) is 0 Å². The second-order valence-electron chi connectivity index (χ2n) is 8.77. The molecule has 0 saturated heterocycles. The molecule has 3 heteroatoms. The van der Waals surface area contributed by atoms with Crippen molar-refractivity contribution in [3.8, 4) is 0 Å². The van der Waals surface area contributed by atoms with Crippen molar-refractivity contribution >= 4 is 0 Å². The third kappa shape index (κ3) is 16.8. The van der Waals surface area contributed by atoms with Gasteiger partial charge in [-0.1, -0.05) is 121 Å². The molecule has 0 heterocycles. The molecule has 1 rings (SSSR count). The lowest BCUT2D eigenvalue weighted by molar-refractivity contribution is 0.0349. The van der Waals surface area contributed by atoms with Crippen molar-refractivity contribution in [3.63, 3.8) is 0 Å². The van der Waals surface area contributed by atoms with E-state index < -0.39 is 0 Å². The van der Waals surface area contributed by atoms with Gasteiger partial charge in [-0.25, -0.2) is 0 Å². The van der Waals surface area contributed by atoms with Crippen LogP contribution < -0.4 is 5.73 Å². The van der Waals surface area contributed by atoms with Crippen molar-refractivity contribution in [1.82, 2.24) is 0 Å². The first-order chi connectivity index (χ1) is 14.9. The summed E-state index contributed by atoms with van der Waals surface area (Å²) < 4.78 is 11.6. The SMILES string of the molecule is CCCCCCCCCCCCCCCCOCC(CN)COCc1ccccc1. The van der Waals surface area contributed by atoms with Crippen molar-refractivity contribution in [2.75, 3.05) is 26.4 Å². The Balaban J connectivity index is 1.80. The Morgan fingerprint density at radius 3 is 1.70 bits per heavy atom. The number of hydrogen-bond acceptors (Lipinski definition) is 3. The zero-order valence-corrected chi connectivity index (χ0v) is 19.8. The van der Waals surface area contributed by atoms with Gasteiger partial charge < -0.3 is 15.2 Å². The number of benzene rings is 1. The molecule has 30 heavy (non-hydrogen) atoms. The molecule has 0 radical (unpaired) electrons. The molecule has 1 unspecified atom stereocenters. The Morgan fingerprint density at radius 1 is 0.667 bits per heavy atom. The van der Waals surface area contributed by atoms with E-state index in [0.29, 0.717) is 32.3 Å². The van der Waals surface area contributed by atoms with Crippen LogP contribution in [0.1, 0.15) is 102 Å². The molecule has 1 aromatic rings. The largest absolute Gasteiger partial charge is 0.381 e. The van der Waals surface area contributed by atoms with E-state index in [1.165, 1.54) is 95.5 Å². The number of nitrogens with two attached hydrogens (primary N) is 1. The Kier molecular flexibility index (Phi) is 19.3. The lowest BCUT2D eigenvalue weighted by Gasteiger charge is -2.15. The second-order valence-corrected chi connectivity index (χ2v) is 8.77. The van der Waals surface area contributed by atoms with E-state index in [4.69, 9.17) is 15.2 Å². The molecule has 0 amide bonds. The van der Waals surface area contributed by atoms with Crippen molar-refractivity contribution in [3.05, 3.63) is 35.9 Å². The van der Waals surface area contributed by atoms with Gasteiger partial charge in [0.1, 0.15) is 0 Å². The monoisotopic (exact) mass is 419 g/mol. The number of unbranched alkanes of at least 4 members (excludes halogenated alkanes) is 13. The molecule has 0 bridgehead atoms. The standard InChI is InChI=1S/C27H49NO2/c1-2-3-4-5-6-7-8-9-10-11-12-13-14-18-21-29-24-27(22-28)25-30-23-26-19-16-15-17-20-26/h15-17,19-20,27H,2-14,18,21-25,28H2,1H3. The van der Waals surface area contributed by atoms with Crippen molar-refractivity contribution in [1.29, 1.82) is 0 Å². The number of rotatable bonds is 22. The molecule has 0 aliphatic heterocycles. The van der Waals surface area contributed by atoms with Gasteiger partial charge in [0, 0.05) is 12.5 Å². The third-order valence-electron chi connectivity index (χ3n) is 5.79. The summed E-state index contributed by atoms with van der Waals surface area (Å²) >= 11 is 0. The summed E-state index contributed by atoms with van der Waals surface area (Å²) in [6.45, 7) is 5.79. The van der Waals surface area contributed by atoms with Gasteiger partial charge >= 0.3 is 0 Å². The summed E-state index contributed by atoms with van der Waals surface area (Å²) in [6, 6.07) is 10.3. The molecule has 1 atom stereocenters. The summed E-state index contributed by atoms with van der Waals surface area (Å²) in [7, 11) is 0. The van der Waals surface area contributed by atoms with Crippen LogP contribution in [-0.2, 0) is 16.1 Å². The first-order valence-electron chi connectivity index (χ1n) is 12.8. The fourth-order valence-electron chi connectivity index (χ4n) is 3.75. The molecule has 0 aliphatic rings. The molecule has 1 aromatic carbocycles. The first kappa shape index (κ1) is 27.1. The lowest BCUT2D eigenvalue weighted by Crippen LogP contribution is -2.25. The van der Waals surface area contributed by atoms with E-state index in [9.17, 15) is 0 Å². The molecular formula is C27H49NO2. The van der Waals surface area contributed by atoms with Crippen LogP contribution >= 0.6 is 0 Å². The fourth-order valence-corrected chi connectivity index (χ4v) is 3.75. The highest BCUT2D eigenvalue weighted by atomic mass is 16.5. The van der Waals surface area contributed by atoms with Gasteiger partial charge in [-0.15, -0.1) is 0 Å². The van der Waals surface area contributed by atoms with Crippen LogP contribution in [0.25, 0.3) is 0 Å². The number of hydrogen-bond donors (Lipinski definition) is 1. The summed E-state index contributed by atoms with van der Waals surface area (Å²) in [5, 5.41) is 0. The Labute approximate surface area is 187 Å².